The molecule has 0 aliphatic rings. The van der Waals surface area contributed by atoms with E-state index < -0.39 is 0 Å². The van der Waals surface area contributed by atoms with Crippen molar-refractivity contribution >= 4 is 34.0 Å². The van der Waals surface area contributed by atoms with Gasteiger partial charge >= 0.3 is 0 Å². The third-order valence-corrected chi connectivity index (χ3v) is 5.98. The van der Waals surface area contributed by atoms with E-state index in [1.54, 1.807) is 29.5 Å². The van der Waals surface area contributed by atoms with Crippen LogP contribution in [0.3, 0.4) is 0 Å². The number of carbonyl (C=O) groups is 1. The van der Waals surface area contributed by atoms with Crippen LogP contribution in [0.4, 0.5) is 10.1 Å². The molecular formula is C25H19FN4OS. The average Bonchev–Trinajstić information content (AvgIpc) is 3.36. The summed E-state index contributed by atoms with van der Waals surface area (Å²) < 4.78 is 15.3. The molecule has 2 heterocycles. The van der Waals surface area contributed by atoms with Gasteiger partial charge in [0, 0.05) is 27.9 Å². The second-order valence-corrected chi connectivity index (χ2v) is 8.52. The number of imidazole rings is 1. The molecule has 3 aromatic carbocycles. The molecule has 0 radical (unpaired) electrons. The van der Waals surface area contributed by atoms with Gasteiger partial charge in [0.15, 0.2) is 0 Å². The lowest BCUT2D eigenvalue weighted by molar-refractivity contribution is 0.102. The second-order valence-electron chi connectivity index (χ2n) is 7.46. The number of fused-ring (bicyclic) bond motifs is 1. The van der Waals surface area contributed by atoms with Crippen LogP contribution in [0.5, 0.6) is 0 Å². The van der Waals surface area contributed by atoms with Crippen LogP contribution in [0.1, 0.15) is 21.2 Å². The molecule has 0 spiro atoms. The Morgan fingerprint density at radius 2 is 1.81 bits per heavy atom. The number of rotatable bonds is 4. The van der Waals surface area contributed by atoms with Gasteiger partial charge in [-0.2, -0.15) is 0 Å². The van der Waals surface area contributed by atoms with Crippen molar-refractivity contribution in [2.45, 2.75) is 13.8 Å². The summed E-state index contributed by atoms with van der Waals surface area (Å²) in [6.07, 6.45) is 0. The monoisotopic (exact) mass is 442 g/mol. The van der Waals surface area contributed by atoms with Crippen molar-refractivity contribution in [1.29, 1.82) is 0 Å². The van der Waals surface area contributed by atoms with E-state index in [0.29, 0.717) is 11.3 Å². The van der Waals surface area contributed by atoms with Crippen molar-refractivity contribution in [3.8, 4) is 16.9 Å². The van der Waals surface area contributed by atoms with Crippen LogP contribution in [-0.2, 0) is 0 Å². The first kappa shape index (κ1) is 20.1. The minimum Gasteiger partial charge on any atom is -0.322 e. The van der Waals surface area contributed by atoms with E-state index >= 15 is 0 Å². The zero-order chi connectivity index (χ0) is 22.2. The molecule has 1 N–H and O–H groups in total. The predicted molar refractivity (Wildman–Crippen MR) is 126 cm³/mol. The standard InChI is InChI=1S/C25H19FN4OS/c1-15-27-22-11-6-18(13-24(22)30(15)21-9-7-19(26)8-10-21)25(31)29-20-5-3-4-17(12-20)23-14-32-16(2)28-23/h3-14H,1-2H3,(H,29,31). The highest BCUT2D eigenvalue weighted by Gasteiger charge is 2.14. The van der Waals surface area contributed by atoms with Gasteiger partial charge in [0.2, 0.25) is 0 Å². The number of hydrogen-bond donors (Lipinski definition) is 1. The second kappa shape index (κ2) is 8.01. The molecule has 0 saturated heterocycles. The summed E-state index contributed by atoms with van der Waals surface area (Å²) in [7, 11) is 0. The SMILES string of the molecule is Cc1nc(-c2cccc(NC(=O)c3ccc4nc(C)n(-c5ccc(F)cc5)c4c3)c2)cs1. The van der Waals surface area contributed by atoms with Gasteiger partial charge < -0.3 is 5.32 Å². The number of amides is 1. The van der Waals surface area contributed by atoms with Crippen LogP contribution >= 0.6 is 11.3 Å². The summed E-state index contributed by atoms with van der Waals surface area (Å²) in [6, 6.07) is 19.2. The van der Waals surface area contributed by atoms with Gasteiger partial charge in [-0.25, -0.2) is 14.4 Å². The molecule has 0 unspecified atom stereocenters. The quantitative estimate of drug-likeness (QED) is 0.363. The highest BCUT2D eigenvalue weighted by atomic mass is 32.1. The molecule has 5 rings (SSSR count). The smallest absolute Gasteiger partial charge is 0.255 e. The molecule has 5 nitrogen and oxygen atoms in total. The van der Waals surface area contributed by atoms with Crippen LogP contribution in [0.15, 0.2) is 72.1 Å². The largest absolute Gasteiger partial charge is 0.322 e. The number of nitrogens with zero attached hydrogens (tertiary/aromatic N) is 3. The van der Waals surface area contributed by atoms with Crippen molar-refractivity contribution in [3.05, 3.63) is 94.3 Å². The summed E-state index contributed by atoms with van der Waals surface area (Å²) in [6.45, 7) is 3.85. The number of anilines is 1. The zero-order valence-corrected chi connectivity index (χ0v) is 18.3. The minimum absolute atomic E-state index is 0.219. The number of carbonyl (C=O) groups excluding carboxylic acids is 1. The summed E-state index contributed by atoms with van der Waals surface area (Å²) in [4.78, 5) is 22.1. The van der Waals surface area contributed by atoms with Crippen molar-refractivity contribution in [3.63, 3.8) is 0 Å². The summed E-state index contributed by atoms with van der Waals surface area (Å²) in [5.41, 5.74) is 5.39. The molecule has 0 saturated carbocycles. The Labute approximate surface area is 188 Å². The third kappa shape index (κ3) is 3.78. The number of halogens is 1. The summed E-state index contributed by atoms with van der Waals surface area (Å²) in [5, 5.41) is 5.97. The molecule has 0 fully saturated rings. The summed E-state index contributed by atoms with van der Waals surface area (Å²) >= 11 is 1.59. The lowest BCUT2D eigenvalue weighted by Gasteiger charge is -2.09. The Morgan fingerprint density at radius 1 is 1.00 bits per heavy atom. The predicted octanol–water partition coefficient (Wildman–Crippen LogP) is 6.16. The highest BCUT2D eigenvalue weighted by molar-refractivity contribution is 7.09. The number of aryl methyl sites for hydroxylation is 2. The van der Waals surface area contributed by atoms with E-state index in [4.69, 9.17) is 0 Å². The Bertz CT molecular complexity index is 1450. The summed E-state index contributed by atoms with van der Waals surface area (Å²) in [5.74, 6) is 0.240. The zero-order valence-electron chi connectivity index (χ0n) is 17.5. The number of hydrogen-bond acceptors (Lipinski definition) is 4. The molecule has 1 amide bonds. The van der Waals surface area contributed by atoms with Crippen LogP contribution in [0.2, 0.25) is 0 Å². The van der Waals surface area contributed by atoms with Crippen molar-refractivity contribution in [2.24, 2.45) is 0 Å². The highest BCUT2D eigenvalue weighted by Crippen LogP contribution is 2.26. The third-order valence-electron chi connectivity index (χ3n) is 5.20. The van der Waals surface area contributed by atoms with E-state index in [1.165, 1.54) is 12.1 Å². The van der Waals surface area contributed by atoms with Crippen molar-refractivity contribution in [2.75, 3.05) is 5.32 Å². The van der Waals surface area contributed by atoms with E-state index in [0.717, 1.165) is 38.8 Å². The number of aromatic nitrogens is 3. The Kier molecular flexibility index (Phi) is 5.03. The van der Waals surface area contributed by atoms with Gasteiger partial charge in [-0.3, -0.25) is 9.36 Å². The van der Waals surface area contributed by atoms with E-state index in [1.807, 2.05) is 60.2 Å². The first-order valence-electron chi connectivity index (χ1n) is 10.1. The molecule has 7 heteroatoms. The van der Waals surface area contributed by atoms with Gasteiger partial charge in [-0.05, 0) is 68.4 Å². The Balaban J connectivity index is 1.47. The molecule has 158 valence electrons. The van der Waals surface area contributed by atoms with Gasteiger partial charge in [0.05, 0.1) is 21.7 Å². The number of thiazole rings is 1. The van der Waals surface area contributed by atoms with E-state index in [9.17, 15) is 9.18 Å². The topological polar surface area (TPSA) is 59.8 Å². The average molecular weight is 443 g/mol. The molecule has 0 bridgehead atoms. The maximum Gasteiger partial charge on any atom is 0.255 e. The number of benzene rings is 3. The molecule has 5 aromatic rings. The fourth-order valence-electron chi connectivity index (χ4n) is 3.71. The van der Waals surface area contributed by atoms with Crippen molar-refractivity contribution in [1.82, 2.24) is 14.5 Å². The van der Waals surface area contributed by atoms with Gasteiger partial charge in [0.25, 0.3) is 5.91 Å². The first-order valence-corrected chi connectivity index (χ1v) is 10.9. The fourth-order valence-corrected chi connectivity index (χ4v) is 4.33. The first-order chi connectivity index (χ1) is 15.5. The van der Waals surface area contributed by atoms with Gasteiger partial charge in [-0.1, -0.05) is 12.1 Å². The van der Waals surface area contributed by atoms with Crippen molar-refractivity contribution < 1.29 is 9.18 Å². The fraction of sp³-hybridized carbons (Fsp3) is 0.0800. The Hall–Kier alpha value is -3.84. The lowest BCUT2D eigenvalue weighted by atomic mass is 10.1. The Morgan fingerprint density at radius 3 is 2.56 bits per heavy atom. The maximum absolute atomic E-state index is 13.4. The van der Waals surface area contributed by atoms with E-state index in [2.05, 4.69) is 15.3 Å². The number of nitrogens with one attached hydrogen (secondary N) is 1. The van der Waals surface area contributed by atoms with Crippen LogP contribution in [-0.4, -0.2) is 20.4 Å². The van der Waals surface area contributed by atoms with E-state index in [-0.39, 0.29) is 11.7 Å². The van der Waals surface area contributed by atoms with Crippen LogP contribution in [0, 0.1) is 19.7 Å². The lowest BCUT2D eigenvalue weighted by Crippen LogP contribution is -2.12. The molecule has 2 aromatic heterocycles. The van der Waals surface area contributed by atoms with Gasteiger partial charge in [-0.15, -0.1) is 11.3 Å². The molecule has 0 aliphatic heterocycles. The van der Waals surface area contributed by atoms with Gasteiger partial charge in [0.1, 0.15) is 11.6 Å². The molecule has 0 aliphatic carbocycles. The molecular weight excluding hydrogens is 423 g/mol. The maximum atomic E-state index is 13.4. The minimum atomic E-state index is -0.300. The van der Waals surface area contributed by atoms with Crippen LogP contribution < -0.4 is 5.32 Å². The normalized spacial score (nSPS) is 11.1. The van der Waals surface area contributed by atoms with Crippen LogP contribution in [0.25, 0.3) is 28.0 Å². The molecule has 32 heavy (non-hydrogen) atoms. The molecule has 0 atom stereocenters.